The Morgan fingerprint density at radius 1 is 1.29 bits per heavy atom. The van der Waals surface area contributed by atoms with Crippen LogP contribution >= 0.6 is 0 Å². The fraction of sp³-hybridized carbons (Fsp3) is 0.200. The summed E-state index contributed by atoms with van der Waals surface area (Å²) in [6.07, 6.45) is 9.71. The molecular formula is C10H14N4. The minimum absolute atomic E-state index is 0.819. The molecule has 0 saturated heterocycles. The maximum atomic E-state index is 3.98. The van der Waals surface area contributed by atoms with Crippen LogP contribution in [0.4, 0.5) is 0 Å². The summed E-state index contributed by atoms with van der Waals surface area (Å²) in [4.78, 5) is 13.7. The molecule has 0 aliphatic rings. The van der Waals surface area contributed by atoms with E-state index >= 15 is 0 Å². The molecule has 0 aliphatic heterocycles. The molecule has 0 unspecified atom stereocenters. The van der Waals surface area contributed by atoms with E-state index in [1.807, 2.05) is 6.20 Å². The van der Waals surface area contributed by atoms with E-state index in [0.717, 1.165) is 18.1 Å². The number of nitrogens with zero attached hydrogens (tertiary/aromatic N) is 2. The average molecular weight is 190 g/mol. The fourth-order valence-electron chi connectivity index (χ4n) is 0.880. The van der Waals surface area contributed by atoms with Gasteiger partial charge in [0, 0.05) is 31.2 Å². The van der Waals surface area contributed by atoms with E-state index in [9.17, 15) is 0 Å². The van der Waals surface area contributed by atoms with Gasteiger partial charge in [0.1, 0.15) is 11.6 Å². The fourth-order valence-corrected chi connectivity index (χ4v) is 0.880. The lowest BCUT2D eigenvalue weighted by molar-refractivity contribution is 0.990. The van der Waals surface area contributed by atoms with Crippen LogP contribution in [-0.2, 0) is 6.42 Å². The van der Waals surface area contributed by atoms with Crippen molar-refractivity contribution in [2.45, 2.75) is 13.3 Å². The molecule has 4 nitrogen and oxygen atoms in total. The highest BCUT2D eigenvalue weighted by Gasteiger charge is 1.82. The standard InChI is InChI=1S/C5H8N2.C5H6N2/c2*1-2-5-6-3-4-7-5/h3-4H,2H2,1H3,(H,6,7);2-4H,1H2,(H,6,7). The second-order valence-electron chi connectivity index (χ2n) is 2.57. The second kappa shape index (κ2) is 5.75. The van der Waals surface area contributed by atoms with Gasteiger partial charge in [0.2, 0.25) is 0 Å². The Morgan fingerprint density at radius 3 is 2.29 bits per heavy atom. The molecule has 2 N–H and O–H groups in total. The first-order chi connectivity index (χ1) is 6.86. The Balaban J connectivity index is 0.000000140. The highest BCUT2D eigenvalue weighted by Crippen LogP contribution is 1.86. The molecule has 0 saturated carbocycles. The molecule has 0 bridgehead atoms. The summed E-state index contributed by atoms with van der Waals surface area (Å²) in [7, 11) is 0. The van der Waals surface area contributed by atoms with E-state index in [4.69, 9.17) is 0 Å². The van der Waals surface area contributed by atoms with Crippen molar-refractivity contribution in [3.63, 3.8) is 0 Å². The highest BCUT2D eigenvalue weighted by atomic mass is 14.9. The molecule has 2 aromatic heterocycles. The molecule has 0 fully saturated rings. The first kappa shape index (κ1) is 10.2. The largest absolute Gasteiger partial charge is 0.349 e. The Bertz CT molecular complexity index is 334. The van der Waals surface area contributed by atoms with Gasteiger partial charge in [0.25, 0.3) is 0 Å². The lowest BCUT2D eigenvalue weighted by Gasteiger charge is -1.79. The van der Waals surface area contributed by atoms with Crippen LogP contribution in [0.2, 0.25) is 0 Å². The van der Waals surface area contributed by atoms with Gasteiger partial charge in [-0.3, -0.25) is 0 Å². The van der Waals surface area contributed by atoms with Crippen LogP contribution in [0.1, 0.15) is 18.6 Å². The Morgan fingerprint density at radius 2 is 2.00 bits per heavy atom. The van der Waals surface area contributed by atoms with Gasteiger partial charge in [0.15, 0.2) is 0 Å². The number of nitrogens with one attached hydrogen (secondary N) is 2. The summed E-state index contributed by atoms with van der Waals surface area (Å²) < 4.78 is 0. The van der Waals surface area contributed by atoms with E-state index < -0.39 is 0 Å². The maximum absolute atomic E-state index is 3.98. The number of hydrogen-bond donors (Lipinski definition) is 2. The van der Waals surface area contributed by atoms with Gasteiger partial charge >= 0.3 is 0 Å². The van der Waals surface area contributed by atoms with Crippen LogP contribution in [0.3, 0.4) is 0 Å². The van der Waals surface area contributed by atoms with Crippen LogP contribution in [0.25, 0.3) is 6.08 Å². The van der Waals surface area contributed by atoms with Gasteiger partial charge in [-0.2, -0.15) is 0 Å². The normalized spacial score (nSPS) is 8.93. The van der Waals surface area contributed by atoms with Crippen LogP contribution in [0.15, 0.2) is 31.4 Å². The maximum Gasteiger partial charge on any atom is 0.129 e. The summed E-state index contributed by atoms with van der Waals surface area (Å²) >= 11 is 0. The predicted octanol–water partition coefficient (Wildman–Crippen LogP) is 2.02. The van der Waals surface area contributed by atoms with Gasteiger partial charge < -0.3 is 9.97 Å². The van der Waals surface area contributed by atoms with Crippen molar-refractivity contribution in [3.8, 4) is 0 Å². The van der Waals surface area contributed by atoms with Crippen molar-refractivity contribution in [3.05, 3.63) is 43.0 Å². The van der Waals surface area contributed by atoms with E-state index in [1.165, 1.54) is 0 Å². The summed E-state index contributed by atoms with van der Waals surface area (Å²) in [6, 6.07) is 0. The predicted molar refractivity (Wildman–Crippen MR) is 56.6 cm³/mol. The van der Waals surface area contributed by atoms with E-state index in [0.29, 0.717) is 0 Å². The SMILES string of the molecule is C=Cc1ncc[nH]1.CCc1ncc[nH]1. The Hall–Kier alpha value is -1.84. The lowest BCUT2D eigenvalue weighted by Crippen LogP contribution is -1.78. The molecule has 0 aromatic carbocycles. The number of aromatic amines is 2. The van der Waals surface area contributed by atoms with Crippen molar-refractivity contribution in [1.29, 1.82) is 0 Å². The smallest absolute Gasteiger partial charge is 0.129 e. The quantitative estimate of drug-likeness (QED) is 0.761. The molecular weight excluding hydrogens is 176 g/mol. The van der Waals surface area contributed by atoms with Crippen molar-refractivity contribution in [2.75, 3.05) is 0 Å². The van der Waals surface area contributed by atoms with Gasteiger partial charge in [-0.05, 0) is 6.08 Å². The third-order valence-electron chi connectivity index (χ3n) is 1.60. The number of H-pyrrole nitrogens is 2. The molecule has 0 spiro atoms. The number of imidazole rings is 2. The molecule has 4 heteroatoms. The first-order valence-electron chi connectivity index (χ1n) is 4.47. The van der Waals surface area contributed by atoms with Gasteiger partial charge in [0.05, 0.1) is 0 Å². The third-order valence-corrected chi connectivity index (χ3v) is 1.60. The zero-order valence-corrected chi connectivity index (χ0v) is 8.20. The lowest BCUT2D eigenvalue weighted by atomic mass is 10.5. The molecule has 0 amide bonds. The number of rotatable bonds is 2. The topological polar surface area (TPSA) is 57.4 Å². The highest BCUT2D eigenvalue weighted by molar-refractivity contribution is 5.34. The van der Waals surface area contributed by atoms with E-state index in [1.54, 1.807) is 24.7 Å². The van der Waals surface area contributed by atoms with Crippen LogP contribution in [0.5, 0.6) is 0 Å². The second-order valence-corrected chi connectivity index (χ2v) is 2.57. The summed E-state index contributed by atoms with van der Waals surface area (Å²) in [6.45, 7) is 5.58. The first-order valence-corrected chi connectivity index (χ1v) is 4.47. The summed E-state index contributed by atoms with van der Waals surface area (Å²) in [5, 5.41) is 0. The number of hydrogen-bond acceptors (Lipinski definition) is 2. The number of aromatic nitrogens is 4. The van der Waals surface area contributed by atoms with Crippen LogP contribution < -0.4 is 0 Å². The van der Waals surface area contributed by atoms with E-state index in [2.05, 4.69) is 33.4 Å². The monoisotopic (exact) mass is 190 g/mol. The van der Waals surface area contributed by atoms with Crippen molar-refractivity contribution in [1.82, 2.24) is 19.9 Å². The minimum Gasteiger partial charge on any atom is -0.349 e. The molecule has 2 heterocycles. The Kier molecular flexibility index (Phi) is 4.20. The third kappa shape index (κ3) is 3.26. The van der Waals surface area contributed by atoms with Crippen molar-refractivity contribution >= 4 is 6.08 Å². The van der Waals surface area contributed by atoms with E-state index in [-0.39, 0.29) is 0 Å². The molecule has 74 valence electrons. The van der Waals surface area contributed by atoms with Gasteiger partial charge in [-0.25, -0.2) is 9.97 Å². The summed E-state index contributed by atoms with van der Waals surface area (Å²) in [5.41, 5.74) is 0. The summed E-state index contributed by atoms with van der Waals surface area (Å²) in [5.74, 6) is 1.88. The molecule has 0 atom stereocenters. The van der Waals surface area contributed by atoms with Crippen molar-refractivity contribution < 1.29 is 0 Å². The Labute approximate surface area is 83.1 Å². The van der Waals surface area contributed by atoms with Gasteiger partial charge in [-0.1, -0.05) is 13.5 Å². The zero-order chi connectivity index (χ0) is 10.2. The number of aryl methyl sites for hydroxylation is 1. The zero-order valence-electron chi connectivity index (χ0n) is 8.20. The molecule has 0 radical (unpaired) electrons. The van der Waals surface area contributed by atoms with Crippen molar-refractivity contribution in [2.24, 2.45) is 0 Å². The molecule has 2 aromatic rings. The van der Waals surface area contributed by atoms with Crippen LogP contribution in [-0.4, -0.2) is 19.9 Å². The minimum atomic E-state index is 0.819. The van der Waals surface area contributed by atoms with Gasteiger partial charge in [-0.15, -0.1) is 0 Å². The van der Waals surface area contributed by atoms with Crippen LogP contribution in [0, 0.1) is 0 Å². The molecule has 14 heavy (non-hydrogen) atoms. The molecule has 0 aliphatic carbocycles. The molecule has 2 rings (SSSR count). The average Bonchev–Trinajstić information content (AvgIpc) is 2.92.